The van der Waals surface area contributed by atoms with Crippen LogP contribution in [0.15, 0.2) is 35.0 Å². The Morgan fingerprint density at radius 2 is 1.82 bits per heavy atom. The summed E-state index contributed by atoms with van der Waals surface area (Å²) >= 11 is 0. The Balaban J connectivity index is 1.50. The average Bonchev–Trinajstić information content (AvgIpc) is 3.53. The Kier molecular flexibility index (Phi) is 7.81. The summed E-state index contributed by atoms with van der Waals surface area (Å²) in [5, 5.41) is 4.18. The molecule has 10 heteroatoms. The van der Waals surface area contributed by atoms with Crippen LogP contribution in [0.1, 0.15) is 30.3 Å². The van der Waals surface area contributed by atoms with Crippen LogP contribution >= 0.6 is 0 Å². The molecule has 0 bridgehead atoms. The smallest absolute Gasteiger partial charge is 0.244 e. The fourth-order valence-electron chi connectivity index (χ4n) is 4.10. The van der Waals surface area contributed by atoms with E-state index in [9.17, 15) is 0 Å². The first-order valence-corrected chi connectivity index (χ1v) is 11.1. The zero-order valence-corrected chi connectivity index (χ0v) is 19.9. The van der Waals surface area contributed by atoms with Crippen LogP contribution in [0.4, 0.5) is 0 Å². The number of benzene rings is 1. The molecule has 0 amide bonds. The minimum atomic E-state index is 0.0153. The molecule has 34 heavy (non-hydrogen) atoms. The molecule has 1 fully saturated rings. The number of nitrogens with zero attached hydrogens (tertiary/aromatic N) is 4. The first-order chi connectivity index (χ1) is 16.7. The molecule has 182 valence electrons. The summed E-state index contributed by atoms with van der Waals surface area (Å²) in [6, 6.07) is 7.54. The van der Waals surface area contributed by atoms with Crippen LogP contribution in [0.25, 0.3) is 11.5 Å². The molecule has 4 rings (SSSR count). The molecule has 0 saturated carbocycles. The summed E-state index contributed by atoms with van der Waals surface area (Å²) in [7, 11) is 6.47. The van der Waals surface area contributed by atoms with E-state index in [4.69, 9.17) is 28.2 Å². The molecule has 2 aromatic heterocycles. The van der Waals surface area contributed by atoms with Gasteiger partial charge in [-0.25, -0.2) is 0 Å². The molecule has 3 aromatic rings. The van der Waals surface area contributed by atoms with E-state index in [1.165, 1.54) is 0 Å². The third-order valence-corrected chi connectivity index (χ3v) is 5.72. The second kappa shape index (κ2) is 11.2. The van der Waals surface area contributed by atoms with Gasteiger partial charge in [-0.05, 0) is 43.1 Å². The number of aromatic nitrogens is 3. The second-order valence-corrected chi connectivity index (χ2v) is 7.84. The Hall–Kier alpha value is -3.37. The maximum absolute atomic E-state index is 5.66. The number of pyridine rings is 1. The van der Waals surface area contributed by atoms with Crippen molar-refractivity contribution >= 4 is 0 Å². The van der Waals surface area contributed by atoms with Gasteiger partial charge >= 0.3 is 0 Å². The Morgan fingerprint density at radius 3 is 2.53 bits per heavy atom. The third-order valence-electron chi connectivity index (χ3n) is 5.72. The molecule has 0 radical (unpaired) electrons. The highest BCUT2D eigenvalue weighted by atomic mass is 16.5. The van der Waals surface area contributed by atoms with Crippen molar-refractivity contribution in [1.29, 1.82) is 0 Å². The standard InChI is InChI=1S/C24H30N4O6/c1-29-10-11-33-17-7-8-25-18(14-17)23-26-24(34-27-23)19-6-5-9-28(19)15-16-12-20(30-2)22(32-4)21(13-16)31-3/h7-8,12-14,19H,5-6,9-11,15H2,1-4H3. The van der Waals surface area contributed by atoms with Crippen molar-refractivity contribution in [1.82, 2.24) is 20.0 Å². The summed E-state index contributed by atoms with van der Waals surface area (Å²) in [6.45, 7) is 2.56. The van der Waals surface area contributed by atoms with Crippen molar-refractivity contribution in [3.05, 3.63) is 41.9 Å². The van der Waals surface area contributed by atoms with Crippen LogP contribution in [0.3, 0.4) is 0 Å². The van der Waals surface area contributed by atoms with Crippen molar-refractivity contribution in [2.24, 2.45) is 0 Å². The lowest BCUT2D eigenvalue weighted by atomic mass is 10.1. The number of hydrogen-bond donors (Lipinski definition) is 0. The summed E-state index contributed by atoms with van der Waals surface area (Å²) in [6.07, 6.45) is 3.63. The number of rotatable bonds is 11. The van der Waals surface area contributed by atoms with Crippen molar-refractivity contribution < 1.29 is 28.2 Å². The predicted octanol–water partition coefficient (Wildman–Crippen LogP) is 3.52. The fraction of sp³-hybridized carbons (Fsp3) is 0.458. The van der Waals surface area contributed by atoms with Crippen molar-refractivity contribution in [2.45, 2.75) is 25.4 Å². The largest absolute Gasteiger partial charge is 0.493 e. The van der Waals surface area contributed by atoms with Gasteiger partial charge in [0, 0.05) is 25.9 Å². The Morgan fingerprint density at radius 1 is 1.03 bits per heavy atom. The third kappa shape index (κ3) is 5.23. The van der Waals surface area contributed by atoms with E-state index in [1.54, 1.807) is 46.8 Å². The second-order valence-electron chi connectivity index (χ2n) is 7.84. The highest BCUT2D eigenvalue weighted by molar-refractivity contribution is 5.54. The monoisotopic (exact) mass is 470 g/mol. The quantitative estimate of drug-likeness (QED) is 0.387. The molecular weight excluding hydrogens is 440 g/mol. The van der Waals surface area contributed by atoms with Gasteiger partial charge in [0.2, 0.25) is 17.5 Å². The molecule has 0 aliphatic carbocycles. The van der Waals surface area contributed by atoms with Crippen LogP contribution in [-0.2, 0) is 11.3 Å². The van der Waals surface area contributed by atoms with Gasteiger partial charge in [-0.3, -0.25) is 9.88 Å². The van der Waals surface area contributed by atoms with Crippen LogP contribution in [0.2, 0.25) is 0 Å². The molecule has 1 aromatic carbocycles. The topological polar surface area (TPSA) is 101 Å². The van der Waals surface area contributed by atoms with Crippen molar-refractivity contribution in [2.75, 3.05) is 48.2 Å². The van der Waals surface area contributed by atoms with Crippen molar-refractivity contribution in [3.63, 3.8) is 0 Å². The normalized spacial score (nSPS) is 15.9. The zero-order chi connectivity index (χ0) is 23.9. The molecular formula is C24H30N4O6. The molecule has 10 nitrogen and oxygen atoms in total. The van der Waals surface area contributed by atoms with Crippen LogP contribution in [0, 0.1) is 0 Å². The minimum Gasteiger partial charge on any atom is -0.493 e. The van der Waals surface area contributed by atoms with Crippen LogP contribution < -0.4 is 18.9 Å². The van der Waals surface area contributed by atoms with E-state index in [0.29, 0.717) is 60.2 Å². The van der Waals surface area contributed by atoms with E-state index in [-0.39, 0.29) is 6.04 Å². The first kappa shape index (κ1) is 23.8. The fourth-order valence-corrected chi connectivity index (χ4v) is 4.10. The van der Waals surface area contributed by atoms with Gasteiger partial charge in [0.15, 0.2) is 11.5 Å². The van der Waals surface area contributed by atoms with Gasteiger partial charge in [0.1, 0.15) is 18.1 Å². The molecule has 3 heterocycles. The maximum atomic E-state index is 5.66. The predicted molar refractivity (Wildman–Crippen MR) is 123 cm³/mol. The van der Waals surface area contributed by atoms with Gasteiger partial charge in [0.25, 0.3) is 0 Å². The lowest BCUT2D eigenvalue weighted by Gasteiger charge is -2.22. The van der Waals surface area contributed by atoms with Gasteiger partial charge in [-0.2, -0.15) is 4.98 Å². The lowest BCUT2D eigenvalue weighted by Crippen LogP contribution is -2.23. The molecule has 0 spiro atoms. The van der Waals surface area contributed by atoms with Gasteiger partial charge in [-0.1, -0.05) is 5.16 Å². The van der Waals surface area contributed by atoms with Gasteiger partial charge in [0.05, 0.1) is 34.0 Å². The Bertz CT molecular complexity index is 1060. The number of likely N-dealkylation sites (tertiary alicyclic amines) is 1. The van der Waals surface area contributed by atoms with Gasteiger partial charge in [-0.15, -0.1) is 0 Å². The molecule has 1 unspecified atom stereocenters. The summed E-state index contributed by atoms with van der Waals surface area (Å²) < 4.78 is 32.8. The van der Waals surface area contributed by atoms with Crippen molar-refractivity contribution in [3.8, 4) is 34.5 Å². The Labute approximate surface area is 198 Å². The molecule has 0 N–H and O–H groups in total. The van der Waals surface area contributed by atoms with E-state index in [2.05, 4.69) is 20.0 Å². The van der Waals surface area contributed by atoms with Gasteiger partial charge < -0.3 is 28.2 Å². The molecule has 1 atom stereocenters. The van der Waals surface area contributed by atoms with E-state index < -0.39 is 0 Å². The summed E-state index contributed by atoms with van der Waals surface area (Å²) in [5.41, 5.74) is 1.64. The maximum Gasteiger partial charge on any atom is 0.244 e. The number of hydrogen-bond acceptors (Lipinski definition) is 10. The number of methoxy groups -OCH3 is 4. The van der Waals surface area contributed by atoms with E-state index >= 15 is 0 Å². The summed E-state index contributed by atoms with van der Waals surface area (Å²) in [5.74, 6) is 3.53. The molecule has 1 aliphatic rings. The molecule has 1 saturated heterocycles. The SMILES string of the molecule is COCCOc1ccnc(-c2noc(C3CCCN3Cc3cc(OC)c(OC)c(OC)c3)n2)c1. The summed E-state index contributed by atoms with van der Waals surface area (Å²) in [4.78, 5) is 11.3. The number of ether oxygens (including phenoxy) is 5. The highest BCUT2D eigenvalue weighted by Gasteiger charge is 2.31. The average molecular weight is 471 g/mol. The minimum absolute atomic E-state index is 0.0153. The van der Waals surface area contributed by atoms with E-state index in [0.717, 1.165) is 24.9 Å². The van der Waals surface area contributed by atoms with Crippen LogP contribution in [0.5, 0.6) is 23.0 Å². The lowest BCUT2D eigenvalue weighted by molar-refractivity contribution is 0.146. The van der Waals surface area contributed by atoms with Crippen LogP contribution in [-0.4, -0.2) is 68.2 Å². The van der Waals surface area contributed by atoms with E-state index in [1.807, 2.05) is 12.1 Å². The highest BCUT2D eigenvalue weighted by Crippen LogP contribution is 2.40. The molecule has 1 aliphatic heterocycles. The zero-order valence-electron chi connectivity index (χ0n) is 19.9. The first-order valence-electron chi connectivity index (χ1n) is 11.1.